The highest BCUT2D eigenvalue weighted by atomic mass is 79.9. The van der Waals surface area contributed by atoms with Crippen molar-refractivity contribution in [2.24, 2.45) is 0 Å². The number of halogens is 5. The lowest BCUT2D eigenvalue weighted by Gasteiger charge is -2.09. The Bertz CT molecular complexity index is 517. The monoisotopic (exact) mass is 400 g/mol. The van der Waals surface area contributed by atoms with E-state index in [9.17, 15) is 8.78 Å². The highest BCUT2D eigenvalue weighted by molar-refractivity contribution is 9.13. The molecule has 0 aliphatic carbocycles. The first-order valence-electron chi connectivity index (χ1n) is 4.53. The van der Waals surface area contributed by atoms with Crippen molar-refractivity contribution in [2.75, 3.05) is 0 Å². The second-order valence-electron chi connectivity index (χ2n) is 3.27. The first-order valence-corrected chi connectivity index (χ1v) is 7.37. The molecule has 0 radical (unpaired) electrons. The zero-order valence-electron chi connectivity index (χ0n) is 8.18. The normalized spacial score (nSPS) is 12.8. The number of rotatable bonds is 2. The van der Waals surface area contributed by atoms with E-state index in [1.54, 1.807) is 6.07 Å². The third-order valence-electron chi connectivity index (χ3n) is 2.17. The molecule has 1 aromatic carbocycles. The van der Waals surface area contributed by atoms with E-state index in [0.717, 1.165) is 8.26 Å². The molecule has 1 unspecified atom stereocenters. The maximum Gasteiger partial charge on any atom is 0.131 e. The van der Waals surface area contributed by atoms with E-state index in [1.165, 1.54) is 29.5 Å². The molecule has 0 N–H and O–H groups in total. The minimum atomic E-state index is -0.830. The van der Waals surface area contributed by atoms with Crippen molar-refractivity contribution in [1.29, 1.82) is 0 Å². The van der Waals surface area contributed by atoms with Gasteiger partial charge in [-0.05, 0) is 50.1 Å². The highest BCUT2D eigenvalue weighted by Crippen LogP contribution is 2.41. The minimum absolute atomic E-state index is 0.115. The van der Waals surface area contributed by atoms with Crippen LogP contribution in [-0.4, -0.2) is 0 Å². The van der Waals surface area contributed by atoms with Crippen molar-refractivity contribution in [1.82, 2.24) is 0 Å². The average Bonchev–Trinajstić information content (AvgIpc) is 2.59. The number of hydrogen-bond acceptors (Lipinski definition) is 1. The molecule has 1 atom stereocenters. The van der Waals surface area contributed by atoms with E-state index < -0.39 is 17.0 Å². The lowest BCUT2D eigenvalue weighted by Crippen LogP contribution is -1.98. The number of hydrogen-bond donors (Lipinski definition) is 0. The van der Waals surface area contributed by atoms with Crippen LogP contribution in [0.1, 0.15) is 15.8 Å². The summed E-state index contributed by atoms with van der Waals surface area (Å²) in [6, 6.07) is 5.47. The third kappa shape index (κ3) is 2.72. The topological polar surface area (TPSA) is 0 Å². The second-order valence-corrected chi connectivity index (χ2v) is 6.96. The van der Waals surface area contributed by atoms with E-state index in [4.69, 9.17) is 11.6 Å². The van der Waals surface area contributed by atoms with Crippen LogP contribution in [0.25, 0.3) is 0 Å². The van der Waals surface area contributed by atoms with Gasteiger partial charge in [0, 0.05) is 14.9 Å². The van der Waals surface area contributed by atoms with Gasteiger partial charge in [-0.1, -0.05) is 6.07 Å². The molecule has 0 fully saturated rings. The molecule has 2 rings (SSSR count). The summed E-state index contributed by atoms with van der Waals surface area (Å²) in [5.74, 6) is -1.27. The Morgan fingerprint density at radius 2 is 1.76 bits per heavy atom. The molecule has 6 heteroatoms. The van der Waals surface area contributed by atoms with Crippen LogP contribution in [0.15, 0.2) is 32.5 Å². The summed E-state index contributed by atoms with van der Waals surface area (Å²) in [6.07, 6.45) is 0. The Morgan fingerprint density at radius 3 is 2.24 bits per heavy atom. The van der Waals surface area contributed by atoms with Gasteiger partial charge in [0.25, 0.3) is 0 Å². The maximum atomic E-state index is 13.6. The molecule has 0 nitrogen and oxygen atoms in total. The van der Waals surface area contributed by atoms with E-state index in [1.807, 2.05) is 0 Å². The molecule has 0 saturated carbocycles. The summed E-state index contributed by atoms with van der Waals surface area (Å²) in [5.41, 5.74) is -0.115. The number of alkyl halides is 1. The van der Waals surface area contributed by atoms with E-state index in [0.29, 0.717) is 4.88 Å². The standard InChI is InChI=1S/C11H5Br2ClF2S/c12-5-4-8(17-11(5)13)10(14)9-6(15)2-1-3-7(9)16/h1-4,10H. The van der Waals surface area contributed by atoms with Crippen molar-refractivity contribution in [2.45, 2.75) is 5.38 Å². The van der Waals surface area contributed by atoms with Crippen molar-refractivity contribution < 1.29 is 8.78 Å². The fourth-order valence-corrected chi connectivity index (χ4v) is 3.87. The van der Waals surface area contributed by atoms with Crippen LogP contribution in [0, 0.1) is 11.6 Å². The Hall–Kier alpha value is 0.0300. The van der Waals surface area contributed by atoms with E-state index in [2.05, 4.69) is 31.9 Å². The van der Waals surface area contributed by atoms with Crippen molar-refractivity contribution in [3.63, 3.8) is 0 Å². The molecular formula is C11H5Br2ClF2S. The molecule has 1 aromatic heterocycles. The van der Waals surface area contributed by atoms with Gasteiger partial charge < -0.3 is 0 Å². The van der Waals surface area contributed by atoms with Crippen LogP contribution in [0.2, 0.25) is 0 Å². The lowest BCUT2D eigenvalue weighted by atomic mass is 10.1. The van der Waals surface area contributed by atoms with Crippen molar-refractivity contribution in [3.05, 3.63) is 54.6 Å². The summed E-state index contributed by atoms with van der Waals surface area (Å²) >= 11 is 14.1. The van der Waals surface area contributed by atoms with Crippen molar-refractivity contribution in [3.8, 4) is 0 Å². The third-order valence-corrected chi connectivity index (χ3v) is 6.07. The molecule has 2 aromatic rings. The highest BCUT2D eigenvalue weighted by Gasteiger charge is 2.22. The summed E-state index contributed by atoms with van der Waals surface area (Å²) < 4.78 is 28.8. The quantitative estimate of drug-likeness (QED) is 0.551. The molecule has 0 spiro atoms. The van der Waals surface area contributed by atoms with Gasteiger partial charge in [0.1, 0.15) is 11.6 Å². The molecule has 0 aliphatic heterocycles. The van der Waals surface area contributed by atoms with Gasteiger partial charge in [0.15, 0.2) is 0 Å². The van der Waals surface area contributed by atoms with E-state index >= 15 is 0 Å². The molecular weight excluding hydrogens is 397 g/mol. The SMILES string of the molecule is Fc1cccc(F)c1C(Cl)c1cc(Br)c(Br)s1. The summed E-state index contributed by atoms with van der Waals surface area (Å²) in [6.45, 7) is 0. The Morgan fingerprint density at radius 1 is 1.18 bits per heavy atom. The fraction of sp³-hybridized carbons (Fsp3) is 0.0909. The van der Waals surface area contributed by atoms with Crippen LogP contribution in [-0.2, 0) is 0 Å². The van der Waals surface area contributed by atoms with Gasteiger partial charge >= 0.3 is 0 Å². The van der Waals surface area contributed by atoms with Gasteiger partial charge in [0.2, 0.25) is 0 Å². The zero-order chi connectivity index (χ0) is 12.6. The summed E-state index contributed by atoms with van der Waals surface area (Å²) in [7, 11) is 0. The van der Waals surface area contributed by atoms with Crippen LogP contribution in [0.4, 0.5) is 8.78 Å². The molecule has 0 amide bonds. The van der Waals surface area contributed by atoms with Gasteiger partial charge in [0.05, 0.1) is 9.16 Å². The summed E-state index contributed by atoms with van der Waals surface area (Å²) in [4.78, 5) is 0.675. The van der Waals surface area contributed by atoms with Crippen LogP contribution >= 0.6 is 54.8 Å². The van der Waals surface area contributed by atoms with Crippen molar-refractivity contribution >= 4 is 54.8 Å². The van der Waals surface area contributed by atoms with Crippen LogP contribution in [0.5, 0.6) is 0 Å². The maximum absolute atomic E-state index is 13.6. The first-order chi connectivity index (χ1) is 8.00. The Balaban J connectivity index is 2.47. The Kier molecular flexibility index (Phi) is 4.23. The largest absolute Gasteiger partial charge is 0.207 e. The average molecular weight is 402 g/mol. The summed E-state index contributed by atoms with van der Waals surface area (Å²) in [5, 5.41) is -0.830. The zero-order valence-corrected chi connectivity index (χ0v) is 12.9. The van der Waals surface area contributed by atoms with Crippen LogP contribution < -0.4 is 0 Å². The second kappa shape index (κ2) is 5.34. The van der Waals surface area contributed by atoms with Gasteiger partial charge in [-0.2, -0.15) is 0 Å². The number of benzene rings is 1. The van der Waals surface area contributed by atoms with E-state index in [-0.39, 0.29) is 5.56 Å². The lowest BCUT2D eigenvalue weighted by molar-refractivity contribution is 0.560. The molecule has 0 bridgehead atoms. The van der Waals surface area contributed by atoms with Gasteiger partial charge in [-0.25, -0.2) is 8.78 Å². The molecule has 0 aliphatic rings. The number of thiophene rings is 1. The van der Waals surface area contributed by atoms with Gasteiger partial charge in [-0.15, -0.1) is 22.9 Å². The predicted octanol–water partition coefficient (Wildman–Crippen LogP) is 5.88. The Labute approximate surface area is 123 Å². The fourth-order valence-electron chi connectivity index (χ4n) is 1.38. The van der Waals surface area contributed by atoms with Gasteiger partial charge in [-0.3, -0.25) is 0 Å². The minimum Gasteiger partial charge on any atom is -0.207 e. The molecule has 1 heterocycles. The molecule has 90 valence electrons. The van der Waals surface area contributed by atoms with Crippen LogP contribution in [0.3, 0.4) is 0 Å². The first kappa shape index (κ1) is 13.5. The molecule has 0 saturated heterocycles. The molecule has 17 heavy (non-hydrogen) atoms. The smallest absolute Gasteiger partial charge is 0.131 e. The predicted molar refractivity (Wildman–Crippen MR) is 73.8 cm³/mol.